The zero-order chi connectivity index (χ0) is 36.4. The van der Waals surface area contributed by atoms with Gasteiger partial charge in [0.25, 0.3) is 0 Å². The number of fused-ring (bicyclic) bond motifs is 6. The first-order valence-corrected chi connectivity index (χ1v) is 21.2. The summed E-state index contributed by atoms with van der Waals surface area (Å²) in [6.45, 7) is 3.56. The molecule has 0 spiro atoms. The summed E-state index contributed by atoms with van der Waals surface area (Å²) in [7, 11) is -2.44. The number of rotatable bonds is 6. The van der Waals surface area contributed by atoms with E-state index in [1.807, 2.05) is 54.7 Å². The second-order valence-electron chi connectivity index (χ2n) is 14.0. The number of hydrogen-bond acceptors (Lipinski definition) is 6. The molecular weight excluding hydrogens is 702 g/mol. The van der Waals surface area contributed by atoms with Crippen LogP contribution in [0.3, 0.4) is 0 Å². The van der Waals surface area contributed by atoms with Gasteiger partial charge in [0.2, 0.25) is 0 Å². The maximum Gasteiger partial charge on any atom is 0.162 e. The van der Waals surface area contributed by atoms with Crippen molar-refractivity contribution in [3.05, 3.63) is 158 Å². The number of hydrogen-bond donors (Lipinski definition) is 0. The van der Waals surface area contributed by atoms with Gasteiger partial charge in [-0.1, -0.05) is 91.0 Å². The van der Waals surface area contributed by atoms with Crippen molar-refractivity contribution < 1.29 is 8.98 Å². The molecule has 0 saturated heterocycles. The molecule has 5 nitrogen and oxygen atoms in total. The highest BCUT2D eigenvalue weighted by atomic mass is 32.1. The SMILES string of the molecule is CP(C)(=O)c1ccc2c(c1)oc1ccc(-c3ncccc3-c3nc(-c4ccc(-c5ccccc5)cc4)cc(-c4ccc5c(c4)sc4ccccc45)n3)cc12. The molecule has 10 aromatic rings. The highest BCUT2D eigenvalue weighted by molar-refractivity contribution is 7.70. The van der Waals surface area contributed by atoms with Crippen molar-refractivity contribution in [2.45, 2.75) is 0 Å². The summed E-state index contributed by atoms with van der Waals surface area (Å²) in [5.41, 5.74) is 10.0. The van der Waals surface area contributed by atoms with Gasteiger partial charge in [-0.05, 0) is 85.1 Å². The molecule has 0 atom stereocenters. The van der Waals surface area contributed by atoms with Gasteiger partial charge in [0.1, 0.15) is 18.3 Å². The normalized spacial score (nSPS) is 12.0. The van der Waals surface area contributed by atoms with Crippen LogP contribution in [0.15, 0.2) is 162 Å². The molecule has 0 amide bonds. The minimum Gasteiger partial charge on any atom is -0.456 e. The van der Waals surface area contributed by atoms with Gasteiger partial charge < -0.3 is 8.98 Å². The Labute approximate surface area is 316 Å². The Hall–Kier alpha value is -6.20. The molecule has 258 valence electrons. The summed E-state index contributed by atoms with van der Waals surface area (Å²) in [5.74, 6) is 0.595. The first-order valence-electron chi connectivity index (χ1n) is 17.8. The summed E-state index contributed by atoms with van der Waals surface area (Å²) >= 11 is 1.80. The second kappa shape index (κ2) is 12.7. The minimum atomic E-state index is -2.44. The summed E-state index contributed by atoms with van der Waals surface area (Å²) in [4.78, 5) is 15.4. The number of aromatic nitrogens is 3. The van der Waals surface area contributed by atoms with Crippen LogP contribution in [0.25, 0.3) is 98.4 Å². The fraction of sp³-hybridized carbons (Fsp3) is 0.0426. The van der Waals surface area contributed by atoms with Crippen LogP contribution in [0.1, 0.15) is 0 Å². The molecular formula is C47H32N3O2PS. The van der Waals surface area contributed by atoms with Gasteiger partial charge in [-0.2, -0.15) is 0 Å². The van der Waals surface area contributed by atoms with Gasteiger partial charge in [0, 0.05) is 64.7 Å². The maximum absolute atomic E-state index is 12.8. The van der Waals surface area contributed by atoms with E-state index in [2.05, 4.69) is 103 Å². The van der Waals surface area contributed by atoms with Gasteiger partial charge in [-0.15, -0.1) is 11.3 Å². The van der Waals surface area contributed by atoms with Gasteiger partial charge in [0.05, 0.1) is 17.1 Å². The average Bonchev–Trinajstić information content (AvgIpc) is 3.78. The van der Waals surface area contributed by atoms with Crippen LogP contribution >= 0.6 is 18.5 Å². The van der Waals surface area contributed by atoms with Crippen LogP contribution in [-0.2, 0) is 4.57 Å². The Bertz CT molecular complexity index is 3110. The first kappa shape index (κ1) is 32.5. The van der Waals surface area contributed by atoms with E-state index in [1.54, 1.807) is 24.7 Å². The van der Waals surface area contributed by atoms with Crippen molar-refractivity contribution in [2.24, 2.45) is 0 Å². The Morgan fingerprint density at radius 3 is 2.04 bits per heavy atom. The lowest BCUT2D eigenvalue weighted by Crippen LogP contribution is -2.00. The topological polar surface area (TPSA) is 68.9 Å². The van der Waals surface area contributed by atoms with E-state index in [0.29, 0.717) is 5.82 Å². The van der Waals surface area contributed by atoms with Crippen LogP contribution in [0, 0.1) is 0 Å². The Morgan fingerprint density at radius 1 is 0.519 bits per heavy atom. The van der Waals surface area contributed by atoms with Gasteiger partial charge in [-0.25, -0.2) is 9.97 Å². The van der Waals surface area contributed by atoms with E-state index in [4.69, 9.17) is 19.4 Å². The van der Waals surface area contributed by atoms with Crippen LogP contribution < -0.4 is 5.30 Å². The van der Waals surface area contributed by atoms with Crippen LogP contribution in [0.4, 0.5) is 0 Å². The van der Waals surface area contributed by atoms with Crippen LogP contribution in [-0.4, -0.2) is 28.3 Å². The van der Waals surface area contributed by atoms with Crippen molar-refractivity contribution >= 4 is 65.9 Å². The molecule has 54 heavy (non-hydrogen) atoms. The second-order valence-corrected chi connectivity index (χ2v) is 18.3. The zero-order valence-corrected chi connectivity index (χ0v) is 31.2. The minimum absolute atomic E-state index is 0.595. The number of nitrogens with zero attached hydrogens (tertiary/aromatic N) is 3. The van der Waals surface area contributed by atoms with E-state index in [9.17, 15) is 4.57 Å². The summed E-state index contributed by atoms with van der Waals surface area (Å²) < 4.78 is 21.6. The molecule has 4 aromatic heterocycles. The standard InChI is InChI=1S/C47H32N3O2PS/c1-53(2,51)34-20-22-35-39-25-33(19-23-42(39)52-43(35)27-34)46-38(12-8-24-48-46)47-49-40(31-16-14-30(15-17-31)29-9-4-3-5-10-29)28-41(50-47)32-18-21-37-36-11-6-7-13-44(36)54-45(37)26-32/h3-28H,1-2H3. The molecule has 0 fully saturated rings. The molecule has 0 aliphatic heterocycles. The highest BCUT2D eigenvalue weighted by Crippen LogP contribution is 2.40. The van der Waals surface area contributed by atoms with Gasteiger partial charge in [-0.3, -0.25) is 4.98 Å². The number of pyridine rings is 1. The quantitative estimate of drug-likeness (QED) is 0.159. The molecule has 4 heterocycles. The number of furan rings is 1. The molecule has 0 saturated carbocycles. The third kappa shape index (κ3) is 5.72. The van der Waals surface area contributed by atoms with E-state index < -0.39 is 7.14 Å². The average molecular weight is 734 g/mol. The molecule has 7 heteroatoms. The zero-order valence-electron chi connectivity index (χ0n) is 29.5. The van der Waals surface area contributed by atoms with Crippen molar-refractivity contribution in [2.75, 3.05) is 13.3 Å². The Balaban J connectivity index is 1.13. The molecule has 10 rings (SSSR count). The fourth-order valence-electron chi connectivity index (χ4n) is 7.28. The van der Waals surface area contributed by atoms with E-state index in [-0.39, 0.29) is 0 Å². The molecule has 0 bridgehead atoms. The number of thiophene rings is 1. The fourth-order valence-corrected chi connectivity index (χ4v) is 9.28. The third-order valence-corrected chi connectivity index (χ3v) is 12.7. The molecule has 0 unspecified atom stereocenters. The lowest BCUT2D eigenvalue weighted by atomic mass is 10.0. The first-order chi connectivity index (χ1) is 26.4. The molecule has 0 aliphatic rings. The molecule has 0 aliphatic carbocycles. The Kier molecular flexibility index (Phi) is 7.65. The lowest BCUT2D eigenvalue weighted by molar-refractivity contribution is 0.588. The van der Waals surface area contributed by atoms with Gasteiger partial charge >= 0.3 is 0 Å². The molecule has 0 N–H and O–H groups in total. The van der Waals surface area contributed by atoms with Crippen molar-refractivity contribution in [1.82, 2.24) is 15.0 Å². The monoisotopic (exact) mass is 733 g/mol. The number of benzene rings is 6. The highest BCUT2D eigenvalue weighted by Gasteiger charge is 2.19. The van der Waals surface area contributed by atoms with Crippen molar-refractivity contribution in [1.29, 1.82) is 0 Å². The Morgan fingerprint density at radius 2 is 1.20 bits per heavy atom. The molecule has 6 aromatic carbocycles. The maximum atomic E-state index is 12.8. The summed E-state index contributed by atoms with van der Waals surface area (Å²) in [6, 6.07) is 52.2. The van der Waals surface area contributed by atoms with Crippen LogP contribution in [0.2, 0.25) is 0 Å². The van der Waals surface area contributed by atoms with Crippen molar-refractivity contribution in [3.8, 4) is 56.3 Å². The van der Waals surface area contributed by atoms with Gasteiger partial charge in [0.15, 0.2) is 5.82 Å². The summed E-state index contributed by atoms with van der Waals surface area (Å²) in [6.07, 6.45) is 1.81. The van der Waals surface area contributed by atoms with E-state index >= 15 is 0 Å². The van der Waals surface area contributed by atoms with E-state index in [0.717, 1.165) is 72.1 Å². The summed E-state index contributed by atoms with van der Waals surface area (Å²) in [5, 5.41) is 5.26. The predicted octanol–water partition coefficient (Wildman–Crippen LogP) is 12.7. The van der Waals surface area contributed by atoms with E-state index in [1.165, 1.54) is 25.7 Å². The van der Waals surface area contributed by atoms with Crippen LogP contribution in [0.5, 0.6) is 0 Å². The smallest absolute Gasteiger partial charge is 0.162 e. The lowest BCUT2D eigenvalue weighted by Gasteiger charge is -2.13. The predicted molar refractivity (Wildman–Crippen MR) is 226 cm³/mol. The molecule has 0 radical (unpaired) electrons. The van der Waals surface area contributed by atoms with Crippen molar-refractivity contribution in [3.63, 3.8) is 0 Å². The largest absolute Gasteiger partial charge is 0.456 e. The third-order valence-electron chi connectivity index (χ3n) is 10.1.